The van der Waals surface area contributed by atoms with Crippen molar-refractivity contribution in [3.05, 3.63) is 42.4 Å². The summed E-state index contributed by atoms with van der Waals surface area (Å²) in [6.45, 7) is 1.97. The molecule has 0 saturated heterocycles. The zero-order chi connectivity index (χ0) is 12.7. The van der Waals surface area contributed by atoms with Crippen LogP contribution in [0.3, 0.4) is 0 Å². The van der Waals surface area contributed by atoms with Gasteiger partial charge in [0, 0.05) is 17.0 Å². The van der Waals surface area contributed by atoms with E-state index in [9.17, 15) is 4.79 Å². The number of aryl methyl sites for hydroxylation is 1. The molecule has 0 unspecified atom stereocenters. The molecule has 0 amide bonds. The first kappa shape index (κ1) is 12.0. The second-order valence-electron chi connectivity index (χ2n) is 4.55. The van der Waals surface area contributed by atoms with Gasteiger partial charge in [-0.2, -0.15) is 0 Å². The standard InChI is InChI=1S/C12H12BrN3OS/c1-6-5-18-9(14-6)4-8-15-11(7-2-3-7)10(13)12(17)16-8/h5,7H,2-4H2,1H3,(H,15,16,17). The molecule has 0 aromatic carbocycles. The summed E-state index contributed by atoms with van der Waals surface area (Å²) in [5.74, 6) is 1.16. The summed E-state index contributed by atoms with van der Waals surface area (Å²) in [6.07, 6.45) is 2.86. The Morgan fingerprint density at radius 3 is 2.89 bits per heavy atom. The van der Waals surface area contributed by atoms with Crippen LogP contribution >= 0.6 is 27.3 Å². The van der Waals surface area contributed by atoms with Gasteiger partial charge in [-0.15, -0.1) is 11.3 Å². The second-order valence-corrected chi connectivity index (χ2v) is 6.28. The van der Waals surface area contributed by atoms with Crippen LogP contribution in [-0.2, 0) is 6.42 Å². The molecule has 3 rings (SSSR count). The third-order valence-corrected chi connectivity index (χ3v) is 4.62. The molecule has 18 heavy (non-hydrogen) atoms. The van der Waals surface area contributed by atoms with Crippen LogP contribution in [-0.4, -0.2) is 15.0 Å². The SMILES string of the molecule is Cc1csc(Cc2nc(C3CC3)c(Br)c(=O)[nH]2)n1. The zero-order valence-electron chi connectivity index (χ0n) is 9.86. The lowest BCUT2D eigenvalue weighted by atomic mass is 10.2. The van der Waals surface area contributed by atoms with Crippen molar-refractivity contribution in [1.82, 2.24) is 15.0 Å². The molecule has 0 radical (unpaired) electrons. The zero-order valence-corrected chi connectivity index (χ0v) is 12.3. The van der Waals surface area contributed by atoms with E-state index in [-0.39, 0.29) is 5.56 Å². The highest BCUT2D eigenvalue weighted by atomic mass is 79.9. The van der Waals surface area contributed by atoms with Crippen LogP contribution in [0.25, 0.3) is 0 Å². The summed E-state index contributed by atoms with van der Waals surface area (Å²) >= 11 is 4.92. The number of aromatic amines is 1. The molecule has 1 N–H and O–H groups in total. The third kappa shape index (κ3) is 2.40. The fraction of sp³-hybridized carbons (Fsp3) is 0.417. The molecule has 2 heterocycles. The molecule has 0 bridgehead atoms. The highest BCUT2D eigenvalue weighted by Gasteiger charge is 2.28. The monoisotopic (exact) mass is 325 g/mol. The average molecular weight is 326 g/mol. The molecule has 4 nitrogen and oxygen atoms in total. The topological polar surface area (TPSA) is 58.6 Å². The molecular weight excluding hydrogens is 314 g/mol. The summed E-state index contributed by atoms with van der Waals surface area (Å²) < 4.78 is 0.587. The Kier molecular flexibility index (Phi) is 3.07. The largest absolute Gasteiger partial charge is 0.309 e. The minimum Gasteiger partial charge on any atom is -0.309 e. The second kappa shape index (κ2) is 4.59. The summed E-state index contributed by atoms with van der Waals surface area (Å²) in [5.41, 5.74) is 1.83. The van der Waals surface area contributed by atoms with Gasteiger partial charge in [0.05, 0.1) is 12.1 Å². The first-order valence-electron chi connectivity index (χ1n) is 5.83. The summed E-state index contributed by atoms with van der Waals surface area (Å²) in [6, 6.07) is 0. The normalized spacial score (nSPS) is 15.0. The molecule has 6 heteroatoms. The molecule has 1 aliphatic rings. The van der Waals surface area contributed by atoms with Gasteiger partial charge in [-0.3, -0.25) is 4.79 Å². The maximum absolute atomic E-state index is 11.8. The number of hydrogen-bond acceptors (Lipinski definition) is 4. The van der Waals surface area contributed by atoms with Crippen molar-refractivity contribution in [3.63, 3.8) is 0 Å². The molecule has 1 aliphatic carbocycles. The van der Waals surface area contributed by atoms with Crippen molar-refractivity contribution < 1.29 is 0 Å². The van der Waals surface area contributed by atoms with Crippen LogP contribution in [0.4, 0.5) is 0 Å². The van der Waals surface area contributed by atoms with Gasteiger partial charge < -0.3 is 4.98 Å². The van der Waals surface area contributed by atoms with Crippen LogP contribution < -0.4 is 5.56 Å². The van der Waals surface area contributed by atoms with Gasteiger partial charge in [0.15, 0.2) is 0 Å². The Balaban J connectivity index is 1.94. The van der Waals surface area contributed by atoms with E-state index in [1.807, 2.05) is 12.3 Å². The number of rotatable bonds is 3. The van der Waals surface area contributed by atoms with E-state index >= 15 is 0 Å². The van der Waals surface area contributed by atoms with Gasteiger partial charge >= 0.3 is 0 Å². The average Bonchev–Trinajstić information content (AvgIpc) is 3.08. The molecule has 2 aromatic rings. The number of halogens is 1. The minimum absolute atomic E-state index is 0.0878. The van der Waals surface area contributed by atoms with Gasteiger partial charge in [-0.1, -0.05) is 0 Å². The van der Waals surface area contributed by atoms with Crippen LogP contribution in [0, 0.1) is 6.92 Å². The van der Waals surface area contributed by atoms with Gasteiger partial charge in [-0.25, -0.2) is 9.97 Å². The minimum atomic E-state index is -0.0878. The summed E-state index contributed by atoms with van der Waals surface area (Å²) in [5, 5.41) is 2.99. The molecule has 0 aliphatic heterocycles. The van der Waals surface area contributed by atoms with E-state index in [1.165, 1.54) is 0 Å². The lowest BCUT2D eigenvalue weighted by Gasteiger charge is -2.04. The molecule has 0 atom stereocenters. The van der Waals surface area contributed by atoms with E-state index in [1.54, 1.807) is 11.3 Å². The van der Waals surface area contributed by atoms with Crippen molar-refractivity contribution in [2.24, 2.45) is 0 Å². The predicted octanol–water partition coefficient (Wildman–Crippen LogP) is 2.77. The van der Waals surface area contributed by atoms with Crippen LogP contribution in [0.2, 0.25) is 0 Å². The molecular formula is C12H12BrN3OS. The first-order chi connectivity index (χ1) is 8.63. The lowest BCUT2D eigenvalue weighted by Crippen LogP contribution is -2.15. The van der Waals surface area contributed by atoms with Gasteiger partial charge in [0.2, 0.25) is 0 Å². The van der Waals surface area contributed by atoms with Crippen LogP contribution in [0.1, 0.15) is 41.0 Å². The van der Waals surface area contributed by atoms with Crippen molar-refractivity contribution in [1.29, 1.82) is 0 Å². The Hall–Kier alpha value is -1.01. The molecule has 1 fully saturated rings. The molecule has 1 saturated carbocycles. The lowest BCUT2D eigenvalue weighted by molar-refractivity contribution is 0.865. The van der Waals surface area contributed by atoms with Crippen molar-refractivity contribution in [2.45, 2.75) is 32.1 Å². The van der Waals surface area contributed by atoms with E-state index in [0.717, 1.165) is 29.2 Å². The summed E-state index contributed by atoms with van der Waals surface area (Å²) in [7, 11) is 0. The maximum atomic E-state index is 11.8. The first-order valence-corrected chi connectivity index (χ1v) is 7.50. The van der Waals surface area contributed by atoms with Gasteiger partial charge in [0.1, 0.15) is 15.3 Å². The molecule has 94 valence electrons. The number of nitrogens with zero attached hydrogens (tertiary/aromatic N) is 2. The fourth-order valence-corrected chi connectivity index (χ4v) is 3.15. The fourth-order valence-electron chi connectivity index (χ4n) is 1.86. The van der Waals surface area contributed by atoms with Crippen molar-refractivity contribution in [2.75, 3.05) is 0 Å². The maximum Gasteiger partial charge on any atom is 0.265 e. The Bertz CT molecular complexity index is 645. The van der Waals surface area contributed by atoms with E-state index in [0.29, 0.717) is 22.6 Å². The van der Waals surface area contributed by atoms with E-state index < -0.39 is 0 Å². The highest BCUT2D eigenvalue weighted by molar-refractivity contribution is 9.10. The van der Waals surface area contributed by atoms with E-state index in [4.69, 9.17) is 0 Å². The van der Waals surface area contributed by atoms with E-state index in [2.05, 4.69) is 30.9 Å². The third-order valence-electron chi connectivity index (χ3n) is 2.89. The smallest absolute Gasteiger partial charge is 0.265 e. The Morgan fingerprint density at radius 2 is 2.28 bits per heavy atom. The number of H-pyrrole nitrogens is 1. The number of nitrogens with one attached hydrogen (secondary N) is 1. The molecule has 0 spiro atoms. The number of aromatic nitrogens is 3. The Morgan fingerprint density at radius 1 is 1.50 bits per heavy atom. The highest BCUT2D eigenvalue weighted by Crippen LogP contribution is 2.41. The van der Waals surface area contributed by atoms with Crippen LogP contribution in [0.5, 0.6) is 0 Å². The number of hydrogen-bond donors (Lipinski definition) is 1. The van der Waals surface area contributed by atoms with Crippen molar-refractivity contribution >= 4 is 27.3 Å². The quantitative estimate of drug-likeness (QED) is 0.943. The summed E-state index contributed by atoms with van der Waals surface area (Å²) in [4.78, 5) is 23.6. The van der Waals surface area contributed by atoms with Gasteiger partial charge in [0.25, 0.3) is 5.56 Å². The predicted molar refractivity (Wildman–Crippen MR) is 74.2 cm³/mol. The van der Waals surface area contributed by atoms with Crippen LogP contribution in [0.15, 0.2) is 14.6 Å². The number of thiazole rings is 1. The molecule has 2 aromatic heterocycles. The Labute approximate surface area is 117 Å². The van der Waals surface area contributed by atoms with Gasteiger partial charge in [-0.05, 0) is 35.7 Å². The van der Waals surface area contributed by atoms with Crippen molar-refractivity contribution in [3.8, 4) is 0 Å².